The second-order valence-corrected chi connectivity index (χ2v) is 7.62. The number of urea groups is 1. The van der Waals surface area contributed by atoms with Crippen LogP contribution in [0.15, 0.2) is 61.2 Å². The first-order chi connectivity index (χ1) is 15.5. The Kier molecular flexibility index (Phi) is 4.56. The maximum absolute atomic E-state index is 13.0. The van der Waals surface area contributed by atoms with Crippen molar-refractivity contribution in [1.82, 2.24) is 25.5 Å². The van der Waals surface area contributed by atoms with Gasteiger partial charge in [0, 0.05) is 30.1 Å². The molecule has 4 amide bonds. The number of aromatic nitrogens is 2. The molecule has 0 aliphatic carbocycles. The Morgan fingerprint density at radius 3 is 2.44 bits per heavy atom. The van der Waals surface area contributed by atoms with Gasteiger partial charge >= 0.3 is 6.03 Å². The van der Waals surface area contributed by atoms with E-state index < -0.39 is 17.5 Å². The van der Waals surface area contributed by atoms with Crippen LogP contribution in [0.1, 0.15) is 21.5 Å². The van der Waals surface area contributed by atoms with E-state index in [0.717, 1.165) is 16.7 Å². The van der Waals surface area contributed by atoms with Crippen molar-refractivity contribution in [2.45, 2.75) is 12.1 Å². The summed E-state index contributed by atoms with van der Waals surface area (Å²) in [5, 5.41) is 5.02. The van der Waals surface area contributed by atoms with Crippen molar-refractivity contribution < 1.29 is 19.2 Å². The highest BCUT2D eigenvalue weighted by atomic mass is 16.6. The summed E-state index contributed by atoms with van der Waals surface area (Å²) in [6.07, 6.45) is 4.81. The highest BCUT2D eigenvalue weighted by Crippen LogP contribution is 2.33. The molecule has 10 heteroatoms. The summed E-state index contributed by atoms with van der Waals surface area (Å²) in [7, 11) is 0. The SMILES string of the molecule is NOc1ccc2c(c1)C(=O)N(C[C@@]1(c3ccc(-c4cncnc4)cc3)NC(=O)NC1=O)C2. The summed E-state index contributed by atoms with van der Waals surface area (Å²) in [4.78, 5) is 52.3. The maximum Gasteiger partial charge on any atom is 0.322 e. The van der Waals surface area contributed by atoms with Crippen LogP contribution in [0.5, 0.6) is 5.75 Å². The van der Waals surface area contributed by atoms with Crippen LogP contribution in [-0.2, 0) is 16.9 Å². The molecule has 0 radical (unpaired) electrons. The molecule has 0 saturated carbocycles. The molecule has 160 valence electrons. The number of fused-ring (bicyclic) bond motifs is 1. The Morgan fingerprint density at radius 1 is 1.03 bits per heavy atom. The fourth-order valence-electron chi connectivity index (χ4n) is 4.12. The number of hydrogen-bond acceptors (Lipinski definition) is 7. The zero-order valence-corrected chi connectivity index (χ0v) is 16.7. The topological polar surface area (TPSA) is 140 Å². The number of imide groups is 1. The predicted molar refractivity (Wildman–Crippen MR) is 112 cm³/mol. The highest BCUT2D eigenvalue weighted by molar-refractivity contribution is 6.08. The molecule has 32 heavy (non-hydrogen) atoms. The highest BCUT2D eigenvalue weighted by Gasteiger charge is 2.50. The van der Waals surface area contributed by atoms with Crippen LogP contribution in [0, 0.1) is 0 Å². The predicted octanol–water partition coefficient (Wildman–Crippen LogP) is 1.09. The van der Waals surface area contributed by atoms with Crippen LogP contribution in [0.4, 0.5) is 4.79 Å². The van der Waals surface area contributed by atoms with Gasteiger partial charge in [0.2, 0.25) is 0 Å². The Labute approximate surface area is 182 Å². The van der Waals surface area contributed by atoms with Crippen LogP contribution in [0.3, 0.4) is 0 Å². The summed E-state index contributed by atoms with van der Waals surface area (Å²) >= 11 is 0. The van der Waals surface area contributed by atoms with Gasteiger partial charge in [-0.15, -0.1) is 0 Å². The van der Waals surface area contributed by atoms with Crippen molar-refractivity contribution in [2.75, 3.05) is 6.54 Å². The number of benzene rings is 2. The Bertz CT molecular complexity index is 1230. The number of amides is 4. The van der Waals surface area contributed by atoms with E-state index in [4.69, 9.17) is 10.7 Å². The van der Waals surface area contributed by atoms with E-state index in [1.807, 2.05) is 12.1 Å². The summed E-state index contributed by atoms with van der Waals surface area (Å²) in [5.41, 5.74) is 2.04. The number of carbonyl (C=O) groups is 3. The first-order valence-electron chi connectivity index (χ1n) is 9.78. The summed E-state index contributed by atoms with van der Waals surface area (Å²) in [6, 6.07) is 11.5. The fraction of sp³-hybridized carbons (Fsp3) is 0.136. The quantitative estimate of drug-likeness (QED) is 0.407. The van der Waals surface area contributed by atoms with Crippen molar-refractivity contribution in [3.8, 4) is 16.9 Å². The van der Waals surface area contributed by atoms with Gasteiger partial charge in [0.25, 0.3) is 11.8 Å². The second-order valence-electron chi connectivity index (χ2n) is 7.62. The van der Waals surface area contributed by atoms with E-state index in [0.29, 0.717) is 23.4 Å². The lowest BCUT2D eigenvalue weighted by Crippen LogP contribution is -2.52. The molecule has 0 unspecified atom stereocenters. The van der Waals surface area contributed by atoms with E-state index in [9.17, 15) is 14.4 Å². The van der Waals surface area contributed by atoms with Gasteiger partial charge in [-0.05, 0) is 28.8 Å². The summed E-state index contributed by atoms with van der Waals surface area (Å²) in [6.45, 7) is 0.258. The van der Waals surface area contributed by atoms with Crippen molar-refractivity contribution in [2.24, 2.45) is 5.90 Å². The van der Waals surface area contributed by atoms with E-state index in [2.05, 4.69) is 20.6 Å². The molecule has 4 N–H and O–H groups in total. The Hall–Kier alpha value is -4.31. The molecule has 1 fully saturated rings. The van der Waals surface area contributed by atoms with Crippen LogP contribution >= 0.6 is 0 Å². The van der Waals surface area contributed by atoms with Crippen molar-refractivity contribution in [1.29, 1.82) is 0 Å². The molecule has 3 aromatic rings. The van der Waals surface area contributed by atoms with Crippen molar-refractivity contribution in [3.05, 3.63) is 77.9 Å². The minimum absolute atomic E-state index is 0.0370. The molecule has 3 heterocycles. The number of rotatable bonds is 5. The van der Waals surface area contributed by atoms with Crippen molar-refractivity contribution in [3.63, 3.8) is 0 Å². The molecule has 1 saturated heterocycles. The van der Waals surface area contributed by atoms with Crippen molar-refractivity contribution >= 4 is 17.8 Å². The van der Waals surface area contributed by atoms with Gasteiger partial charge in [-0.25, -0.2) is 14.8 Å². The molecular formula is C22H18N6O4. The zero-order valence-electron chi connectivity index (χ0n) is 16.7. The Morgan fingerprint density at radius 2 is 1.78 bits per heavy atom. The number of nitrogens with zero attached hydrogens (tertiary/aromatic N) is 3. The zero-order chi connectivity index (χ0) is 22.3. The van der Waals surface area contributed by atoms with Gasteiger partial charge in [0.15, 0.2) is 5.54 Å². The first-order valence-corrected chi connectivity index (χ1v) is 9.78. The van der Waals surface area contributed by atoms with Gasteiger partial charge in [-0.1, -0.05) is 30.3 Å². The number of nitrogens with two attached hydrogens (primary N) is 1. The van der Waals surface area contributed by atoms with Crippen LogP contribution in [-0.4, -0.2) is 39.3 Å². The average Bonchev–Trinajstić information content (AvgIpc) is 3.29. The third-order valence-corrected chi connectivity index (χ3v) is 5.74. The number of nitrogens with one attached hydrogen (secondary N) is 2. The Balaban J connectivity index is 1.48. The molecule has 0 spiro atoms. The maximum atomic E-state index is 13.0. The van der Waals surface area contributed by atoms with Gasteiger partial charge in [0.05, 0.1) is 6.54 Å². The lowest BCUT2D eigenvalue weighted by molar-refractivity contribution is -0.124. The molecule has 5 rings (SSSR count). The molecule has 2 aliphatic heterocycles. The minimum atomic E-state index is -1.42. The third kappa shape index (κ3) is 3.13. The largest absolute Gasteiger partial charge is 0.412 e. The van der Waals surface area contributed by atoms with Crippen LogP contribution < -0.4 is 21.4 Å². The van der Waals surface area contributed by atoms with Gasteiger partial charge in [-0.2, -0.15) is 5.90 Å². The van der Waals surface area contributed by atoms with Crippen LogP contribution in [0.25, 0.3) is 11.1 Å². The van der Waals surface area contributed by atoms with E-state index >= 15 is 0 Å². The average molecular weight is 430 g/mol. The standard InChI is InChI=1S/C22H18N6O4/c23-32-17-6-3-14-10-28(19(29)18(14)7-17)11-22(20(30)26-21(31)27-22)16-4-1-13(2-5-16)15-8-24-12-25-9-15/h1-9,12H,10-11,23H2,(H2,26,27,30,31)/t22-/m0/s1. The molecule has 1 atom stereocenters. The van der Waals surface area contributed by atoms with Gasteiger partial charge in [0.1, 0.15) is 12.1 Å². The molecule has 2 aromatic carbocycles. The third-order valence-electron chi connectivity index (χ3n) is 5.74. The van der Waals surface area contributed by atoms with E-state index in [-0.39, 0.29) is 12.5 Å². The van der Waals surface area contributed by atoms with E-state index in [1.54, 1.807) is 42.7 Å². The van der Waals surface area contributed by atoms with Crippen LogP contribution in [0.2, 0.25) is 0 Å². The van der Waals surface area contributed by atoms with Gasteiger partial charge in [-0.3, -0.25) is 14.9 Å². The lowest BCUT2D eigenvalue weighted by atomic mass is 9.88. The fourth-order valence-corrected chi connectivity index (χ4v) is 4.12. The number of carbonyl (C=O) groups excluding carboxylic acids is 3. The monoisotopic (exact) mass is 430 g/mol. The molecule has 2 aliphatic rings. The van der Waals surface area contributed by atoms with E-state index in [1.165, 1.54) is 11.2 Å². The summed E-state index contributed by atoms with van der Waals surface area (Å²) in [5.74, 6) is 4.78. The van der Waals surface area contributed by atoms with Gasteiger partial charge < -0.3 is 15.1 Å². The lowest BCUT2D eigenvalue weighted by Gasteiger charge is -2.31. The molecule has 1 aromatic heterocycles. The molecule has 0 bridgehead atoms. The minimum Gasteiger partial charge on any atom is -0.412 e. The first kappa shape index (κ1) is 19.6. The smallest absolute Gasteiger partial charge is 0.322 e. The number of hydrogen-bond donors (Lipinski definition) is 3. The normalized spacial score (nSPS) is 19.5. The molecular weight excluding hydrogens is 412 g/mol. The second kappa shape index (κ2) is 7.43. The summed E-state index contributed by atoms with van der Waals surface area (Å²) < 4.78 is 0. The molecule has 10 nitrogen and oxygen atoms in total.